The van der Waals surface area contributed by atoms with Gasteiger partial charge < -0.3 is 14.8 Å². The molecule has 0 aliphatic heterocycles. The quantitative estimate of drug-likeness (QED) is 0.577. The minimum absolute atomic E-state index is 0.257. The molecule has 1 aliphatic carbocycles. The molecular weight excluding hydrogens is 226 g/mol. The van der Waals surface area contributed by atoms with Crippen LogP contribution in [0.25, 0.3) is 0 Å². The highest BCUT2D eigenvalue weighted by Gasteiger charge is 2.41. The lowest BCUT2D eigenvalue weighted by Gasteiger charge is -2.43. The van der Waals surface area contributed by atoms with Crippen LogP contribution in [-0.2, 0) is 9.47 Å². The molecule has 1 aliphatic rings. The first-order chi connectivity index (χ1) is 8.83. The third-order valence-electron chi connectivity index (χ3n) is 3.76. The van der Waals surface area contributed by atoms with Gasteiger partial charge in [0.25, 0.3) is 0 Å². The molecular formula is C15H31NO2. The fourth-order valence-electron chi connectivity index (χ4n) is 2.53. The second-order valence-electron chi connectivity index (χ2n) is 5.32. The van der Waals surface area contributed by atoms with Gasteiger partial charge in [-0.15, -0.1) is 0 Å². The summed E-state index contributed by atoms with van der Waals surface area (Å²) in [6.07, 6.45) is 9.35. The van der Waals surface area contributed by atoms with Crippen molar-refractivity contribution in [1.29, 1.82) is 0 Å². The van der Waals surface area contributed by atoms with Crippen LogP contribution in [0.4, 0.5) is 0 Å². The van der Waals surface area contributed by atoms with Crippen LogP contribution in [0.15, 0.2) is 0 Å². The molecule has 1 N–H and O–H groups in total. The summed E-state index contributed by atoms with van der Waals surface area (Å²) in [5, 5.41) is 3.51. The minimum Gasteiger partial charge on any atom is -0.377 e. The van der Waals surface area contributed by atoms with E-state index in [-0.39, 0.29) is 6.10 Å². The second kappa shape index (κ2) is 9.76. The lowest BCUT2D eigenvalue weighted by molar-refractivity contribution is -0.134. The number of hydrogen-bond donors (Lipinski definition) is 1. The maximum atomic E-state index is 5.91. The van der Waals surface area contributed by atoms with Gasteiger partial charge in [-0.05, 0) is 25.8 Å². The fraction of sp³-hybridized carbons (Fsp3) is 1.00. The van der Waals surface area contributed by atoms with Crippen molar-refractivity contribution in [2.24, 2.45) is 0 Å². The lowest BCUT2D eigenvalue weighted by atomic mass is 9.85. The van der Waals surface area contributed by atoms with Crippen molar-refractivity contribution in [1.82, 2.24) is 5.32 Å². The molecule has 3 heteroatoms. The first-order valence-corrected chi connectivity index (χ1v) is 7.71. The maximum absolute atomic E-state index is 5.91. The molecule has 3 unspecified atom stereocenters. The molecule has 3 nitrogen and oxygen atoms in total. The van der Waals surface area contributed by atoms with Crippen molar-refractivity contribution in [3.05, 3.63) is 0 Å². The lowest BCUT2D eigenvalue weighted by Crippen LogP contribution is -2.59. The Labute approximate surface area is 113 Å². The number of methoxy groups -OCH3 is 1. The van der Waals surface area contributed by atoms with Crippen molar-refractivity contribution < 1.29 is 9.47 Å². The monoisotopic (exact) mass is 257 g/mol. The van der Waals surface area contributed by atoms with E-state index in [9.17, 15) is 0 Å². The summed E-state index contributed by atoms with van der Waals surface area (Å²) < 4.78 is 11.4. The van der Waals surface area contributed by atoms with Gasteiger partial charge in [0.1, 0.15) is 0 Å². The fourth-order valence-corrected chi connectivity index (χ4v) is 2.53. The molecule has 0 aromatic carbocycles. The normalized spacial score (nSPS) is 27.2. The topological polar surface area (TPSA) is 30.5 Å². The van der Waals surface area contributed by atoms with E-state index in [4.69, 9.17) is 9.47 Å². The molecule has 0 saturated heterocycles. The summed E-state index contributed by atoms with van der Waals surface area (Å²) in [6.45, 7) is 6.41. The van der Waals surface area contributed by atoms with E-state index in [1.165, 1.54) is 38.5 Å². The molecule has 18 heavy (non-hydrogen) atoms. The van der Waals surface area contributed by atoms with Crippen molar-refractivity contribution in [2.45, 2.75) is 77.0 Å². The zero-order chi connectivity index (χ0) is 13.2. The number of rotatable bonds is 11. The van der Waals surface area contributed by atoms with Crippen LogP contribution in [0, 0.1) is 0 Å². The Hall–Kier alpha value is -0.120. The van der Waals surface area contributed by atoms with E-state index >= 15 is 0 Å². The number of nitrogens with one attached hydrogen (secondary N) is 1. The minimum atomic E-state index is 0.257. The standard InChI is InChI=1S/C15H31NO2/c1-4-6-7-8-9-11-18-14-12-13(15(14)17-3)16-10-5-2/h13-16H,4-12H2,1-3H3. The van der Waals surface area contributed by atoms with Gasteiger partial charge in [0.15, 0.2) is 0 Å². The summed E-state index contributed by atoms with van der Waals surface area (Å²) in [6, 6.07) is 0.500. The van der Waals surface area contributed by atoms with Crippen molar-refractivity contribution in [3.63, 3.8) is 0 Å². The average Bonchev–Trinajstić information content (AvgIpc) is 2.36. The van der Waals surface area contributed by atoms with Crippen LogP contribution in [0.1, 0.15) is 58.8 Å². The van der Waals surface area contributed by atoms with Gasteiger partial charge >= 0.3 is 0 Å². The third-order valence-corrected chi connectivity index (χ3v) is 3.76. The zero-order valence-electron chi connectivity index (χ0n) is 12.4. The molecule has 0 aromatic rings. The number of ether oxygens (including phenoxy) is 2. The molecule has 0 aromatic heterocycles. The Bertz CT molecular complexity index is 199. The zero-order valence-corrected chi connectivity index (χ0v) is 12.4. The molecule has 0 radical (unpaired) electrons. The predicted octanol–water partition coefficient (Wildman–Crippen LogP) is 3.13. The Morgan fingerprint density at radius 1 is 1.06 bits per heavy atom. The van der Waals surface area contributed by atoms with Crippen LogP contribution in [-0.4, -0.2) is 38.5 Å². The van der Waals surface area contributed by atoms with Gasteiger partial charge in [-0.3, -0.25) is 0 Å². The van der Waals surface area contributed by atoms with E-state index in [1.54, 1.807) is 7.11 Å². The molecule has 1 rings (SSSR count). The highest BCUT2D eigenvalue weighted by molar-refractivity contribution is 4.96. The highest BCUT2D eigenvalue weighted by Crippen LogP contribution is 2.27. The van der Waals surface area contributed by atoms with Gasteiger partial charge in [-0.1, -0.05) is 39.5 Å². The van der Waals surface area contributed by atoms with E-state index < -0.39 is 0 Å². The van der Waals surface area contributed by atoms with E-state index in [1.807, 2.05) is 0 Å². The third kappa shape index (κ3) is 5.25. The van der Waals surface area contributed by atoms with Crippen molar-refractivity contribution in [2.75, 3.05) is 20.3 Å². The van der Waals surface area contributed by atoms with Crippen LogP contribution >= 0.6 is 0 Å². The van der Waals surface area contributed by atoms with Gasteiger partial charge in [0.05, 0.1) is 12.2 Å². The Balaban J connectivity index is 2.02. The predicted molar refractivity (Wildman–Crippen MR) is 76.0 cm³/mol. The van der Waals surface area contributed by atoms with Crippen LogP contribution in [0.3, 0.4) is 0 Å². The maximum Gasteiger partial charge on any atom is 0.0986 e. The van der Waals surface area contributed by atoms with Gasteiger partial charge in [0, 0.05) is 19.8 Å². The molecule has 0 heterocycles. The molecule has 0 amide bonds. The van der Waals surface area contributed by atoms with Gasteiger partial charge in [0.2, 0.25) is 0 Å². The van der Waals surface area contributed by atoms with Crippen molar-refractivity contribution in [3.8, 4) is 0 Å². The Kier molecular flexibility index (Phi) is 8.64. The largest absolute Gasteiger partial charge is 0.377 e. The second-order valence-corrected chi connectivity index (χ2v) is 5.32. The number of hydrogen-bond acceptors (Lipinski definition) is 3. The van der Waals surface area contributed by atoms with Crippen LogP contribution in [0.5, 0.6) is 0 Å². The Morgan fingerprint density at radius 2 is 1.83 bits per heavy atom. The summed E-state index contributed by atoms with van der Waals surface area (Å²) >= 11 is 0. The first kappa shape index (κ1) is 15.9. The van der Waals surface area contributed by atoms with E-state index in [0.29, 0.717) is 12.1 Å². The molecule has 3 atom stereocenters. The summed E-state index contributed by atoms with van der Waals surface area (Å²) in [4.78, 5) is 0. The van der Waals surface area contributed by atoms with E-state index in [2.05, 4.69) is 19.2 Å². The average molecular weight is 257 g/mol. The van der Waals surface area contributed by atoms with Crippen LogP contribution in [0.2, 0.25) is 0 Å². The number of unbranched alkanes of at least 4 members (excludes halogenated alkanes) is 4. The summed E-state index contributed by atoms with van der Waals surface area (Å²) in [5.74, 6) is 0. The molecule has 0 bridgehead atoms. The smallest absolute Gasteiger partial charge is 0.0986 e. The van der Waals surface area contributed by atoms with E-state index in [0.717, 1.165) is 19.6 Å². The summed E-state index contributed by atoms with van der Waals surface area (Å²) in [7, 11) is 1.79. The highest BCUT2D eigenvalue weighted by atomic mass is 16.5. The van der Waals surface area contributed by atoms with Crippen molar-refractivity contribution >= 4 is 0 Å². The SMILES string of the molecule is CCCCCCCOC1CC(NCCC)C1OC. The Morgan fingerprint density at radius 3 is 2.50 bits per heavy atom. The molecule has 1 fully saturated rings. The molecule has 108 valence electrons. The van der Waals surface area contributed by atoms with Crippen LogP contribution < -0.4 is 5.32 Å². The molecule has 0 spiro atoms. The first-order valence-electron chi connectivity index (χ1n) is 7.71. The molecule has 1 saturated carbocycles. The van der Waals surface area contributed by atoms with Gasteiger partial charge in [-0.25, -0.2) is 0 Å². The summed E-state index contributed by atoms with van der Waals surface area (Å²) in [5.41, 5.74) is 0. The van der Waals surface area contributed by atoms with Gasteiger partial charge in [-0.2, -0.15) is 0 Å².